The predicted molar refractivity (Wildman–Crippen MR) is 67.2 cm³/mol. The zero-order chi connectivity index (χ0) is 13.3. The number of likely N-dealkylation sites (N-methyl/N-ethyl adjacent to an activating group) is 1. The van der Waals surface area contributed by atoms with Crippen molar-refractivity contribution in [2.75, 3.05) is 14.2 Å². The van der Waals surface area contributed by atoms with Crippen LogP contribution >= 0.6 is 11.8 Å². The summed E-state index contributed by atoms with van der Waals surface area (Å²) in [6.45, 7) is 0. The van der Waals surface area contributed by atoms with Crippen LogP contribution < -0.4 is 0 Å². The van der Waals surface area contributed by atoms with Crippen LogP contribution in [-0.4, -0.2) is 30.6 Å². The summed E-state index contributed by atoms with van der Waals surface area (Å²) in [5, 5.41) is 0. The van der Waals surface area contributed by atoms with Gasteiger partial charge in [0.05, 0.1) is 12.7 Å². The van der Waals surface area contributed by atoms with Gasteiger partial charge in [-0.2, -0.15) is 0 Å². The van der Waals surface area contributed by atoms with Gasteiger partial charge >= 0.3 is 5.97 Å². The molecule has 0 bridgehead atoms. The molecule has 0 saturated heterocycles. The zero-order valence-electron chi connectivity index (χ0n) is 10.4. The first kappa shape index (κ1) is 13.3. The van der Waals surface area contributed by atoms with Gasteiger partial charge in [-0.05, 0) is 54.3 Å². The van der Waals surface area contributed by atoms with Gasteiger partial charge in [0.1, 0.15) is 5.82 Å². The average molecular weight is 272 g/mol. The summed E-state index contributed by atoms with van der Waals surface area (Å²) >= 11 is 5.95. The lowest BCUT2D eigenvalue weighted by Crippen LogP contribution is -2.30. The van der Waals surface area contributed by atoms with E-state index < -0.39 is 11.8 Å². The Labute approximate surface area is 111 Å². The molecule has 18 heavy (non-hydrogen) atoms. The molecule has 1 aromatic rings. The number of carbonyl (C=O) groups excluding carboxylic acids is 1. The highest BCUT2D eigenvalue weighted by molar-refractivity contribution is 6.13. The fourth-order valence-electron chi connectivity index (χ4n) is 2.33. The average Bonchev–Trinajstić information content (AvgIpc) is 2.36. The highest BCUT2D eigenvalue weighted by Crippen LogP contribution is 2.27. The van der Waals surface area contributed by atoms with E-state index in [9.17, 15) is 9.18 Å². The second-order valence-corrected chi connectivity index (χ2v) is 5.05. The summed E-state index contributed by atoms with van der Waals surface area (Å²) in [6.07, 6.45) is 2.39. The van der Waals surface area contributed by atoms with Crippen LogP contribution in [0.3, 0.4) is 0 Å². The van der Waals surface area contributed by atoms with Crippen molar-refractivity contribution >= 4 is 17.7 Å². The van der Waals surface area contributed by atoms with Crippen molar-refractivity contribution in [3.8, 4) is 0 Å². The van der Waals surface area contributed by atoms with Crippen molar-refractivity contribution in [2.45, 2.75) is 25.3 Å². The van der Waals surface area contributed by atoms with Crippen molar-refractivity contribution in [1.82, 2.24) is 4.42 Å². The first-order chi connectivity index (χ1) is 8.52. The summed E-state index contributed by atoms with van der Waals surface area (Å²) in [5.41, 5.74) is 1.92. The van der Waals surface area contributed by atoms with Gasteiger partial charge in [0.2, 0.25) is 0 Å². The Kier molecular flexibility index (Phi) is 3.88. The van der Waals surface area contributed by atoms with Gasteiger partial charge in [-0.3, -0.25) is 0 Å². The van der Waals surface area contributed by atoms with E-state index in [1.165, 1.54) is 13.2 Å². The maximum Gasteiger partial charge on any atom is 0.340 e. The van der Waals surface area contributed by atoms with Gasteiger partial charge in [0.25, 0.3) is 0 Å². The van der Waals surface area contributed by atoms with E-state index in [1.807, 2.05) is 7.05 Å². The quantitative estimate of drug-likeness (QED) is 0.612. The molecule has 0 N–H and O–H groups in total. The number of hydrogen-bond acceptors (Lipinski definition) is 3. The molecule has 1 aliphatic rings. The Morgan fingerprint density at radius 1 is 1.50 bits per heavy atom. The van der Waals surface area contributed by atoms with Crippen molar-refractivity contribution in [3.05, 3.63) is 34.6 Å². The van der Waals surface area contributed by atoms with E-state index in [1.54, 1.807) is 10.5 Å². The van der Waals surface area contributed by atoms with Crippen molar-refractivity contribution in [1.29, 1.82) is 0 Å². The van der Waals surface area contributed by atoms with Crippen LogP contribution in [0.1, 0.15) is 27.9 Å². The number of fused-ring (bicyclic) bond motifs is 1. The summed E-state index contributed by atoms with van der Waals surface area (Å²) in [4.78, 5) is 11.4. The van der Waals surface area contributed by atoms with E-state index in [0.29, 0.717) is 0 Å². The third-order valence-electron chi connectivity index (χ3n) is 3.40. The molecular weight excluding hydrogens is 257 g/mol. The van der Waals surface area contributed by atoms with Crippen LogP contribution in [-0.2, 0) is 17.6 Å². The molecule has 0 aromatic heterocycles. The molecule has 1 aliphatic carbocycles. The molecule has 1 aromatic carbocycles. The molecule has 0 saturated carbocycles. The number of halogens is 2. The molecule has 5 heteroatoms. The Bertz CT molecular complexity index is 476. The lowest BCUT2D eigenvalue weighted by Gasteiger charge is -2.28. The van der Waals surface area contributed by atoms with Gasteiger partial charge in [-0.25, -0.2) is 13.6 Å². The molecular formula is C13H15ClFNO2. The molecule has 98 valence electrons. The highest BCUT2D eigenvalue weighted by atomic mass is 35.5. The van der Waals surface area contributed by atoms with E-state index >= 15 is 0 Å². The molecule has 0 heterocycles. The van der Waals surface area contributed by atoms with Gasteiger partial charge in [0.15, 0.2) is 0 Å². The SMILES string of the molecule is COC(=O)c1cc2c(cc1F)CCC(N(C)Cl)C2. The number of rotatable bonds is 2. The van der Waals surface area contributed by atoms with Crippen LogP contribution in [0.25, 0.3) is 0 Å². The number of benzene rings is 1. The van der Waals surface area contributed by atoms with E-state index in [4.69, 9.17) is 11.8 Å². The summed E-state index contributed by atoms with van der Waals surface area (Å²) in [7, 11) is 3.05. The van der Waals surface area contributed by atoms with Crippen LogP contribution in [0.5, 0.6) is 0 Å². The summed E-state index contributed by atoms with van der Waals surface area (Å²) < 4.78 is 19.9. The van der Waals surface area contributed by atoms with Crippen molar-refractivity contribution in [2.24, 2.45) is 0 Å². The standard InChI is InChI=1S/C13H15ClFNO2/c1-16(14)10-4-3-8-7-12(15)11(13(17)18-2)6-9(8)5-10/h6-7,10H,3-5H2,1-2H3. The molecule has 0 spiro atoms. The monoisotopic (exact) mass is 271 g/mol. The fourth-order valence-corrected chi connectivity index (χ4v) is 2.50. The number of esters is 1. The Balaban J connectivity index is 2.35. The first-order valence-corrected chi connectivity index (χ1v) is 6.15. The lowest BCUT2D eigenvalue weighted by atomic mass is 9.87. The number of methoxy groups -OCH3 is 1. The molecule has 0 radical (unpaired) electrons. The Morgan fingerprint density at radius 3 is 2.83 bits per heavy atom. The minimum Gasteiger partial charge on any atom is -0.465 e. The Hall–Kier alpha value is -1.13. The lowest BCUT2D eigenvalue weighted by molar-refractivity contribution is 0.0595. The van der Waals surface area contributed by atoms with Gasteiger partial charge in [0, 0.05) is 13.1 Å². The minimum absolute atomic E-state index is 0.00544. The van der Waals surface area contributed by atoms with Gasteiger partial charge in [-0.15, -0.1) is 0 Å². The third-order valence-corrected chi connectivity index (χ3v) is 3.68. The topological polar surface area (TPSA) is 29.5 Å². The first-order valence-electron chi connectivity index (χ1n) is 5.81. The van der Waals surface area contributed by atoms with Gasteiger partial charge in [-0.1, -0.05) is 0 Å². The molecule has 1 atom stereocenters. The molecule has 1 unspecified atom stereocenters. The maximum absolute atomic E-state index is 13.7. The Morgan fingerprint density at radius 2 is 2.22 bits per heavy atom. The predicted octanol–water partition coefficient (Wildman–Crippen LogP) is 2.56. The minimum atomic E-state index is -0.642. The summed E-state index contributed by atoms with van der Waals surface area (Å²) in [6, 6.07) is 3.24. The van der Waals surface area contributed by atoms with Crippen molar-refractivity contribution < 1.29 is 13.9 Å². The van der Waals surface area contributed by atoms with E-state index in [-0.39, 0.29) is 11.6 Å². The normalized spacial score (nSPS) is 18.6. The van der Waals surface area contributed by atoms with Crippen LogP contribution in [0, 0.1) is 5.82 Å². The number of aryl methyl sites for hydroxylation is 1. The molecule has 0 amide bonds. The number of ether oxygens (including phenoxy) is 1. The fraction of sp³-hybridized carbons (Fsp3) is 0.462. The zero-order valence-corrected chi connectivity index (χ0v) is 11.1. The smallest absolute Gasteiger partial charge is 0.340 e. The number of carbonyl (C=O) groups is 1. The third kappa shape index (κ3) is 2.49. The summed E-state index contributed by atoms with van der Waals surface area (Å²) in [5.74, 6) is -1.16. The number of hydrogen-bond donors (Lipinski definition) is 0. The molecule has 2 rings (SSSR count). The maximum atomic E-state index is 13.7. The number of nitrogens with zero attached hydrogens (tertiary/aromatic N) is 1. The molecule has 0 fully saturated rings. The van der Waals surface area contributed by atoms with Crippen LogP contribution in [0.2, 0.25) is 0 Å². The van der Waals surface area contributed by atoms with Crippen LogP contribution in [0.15, 0.2) is 12.1 Å². The van der Waals surface area contributed by atoms with E-state index in [2.05, 4.69) is 4.74 Å². The van der Waals surface area contributed by atoms with Crippen LogP contribution in [0.4, 0.5) is 4.39 Å². The second kappa shape index (κ2) is 5.24. The van der Waals surface area contributed by atoms with Crippen molar-refractivity contribution in [3.63, 3.8) is 0 Å². The largest absolute Gasteiger partial charge is 0.465 e. The van der Waals surface area contributed by atoms with Gasteiger partial charge < -0.3 is 4.74 Å². The molecule has 0 aliphatic heterocycles. The van der Waals surface area contributed by atoms with E-state index in [0.717, 1.165) is 30.4 Å². The molecule has 3 nitrogen and oxygen atoms in total. The second-order valence-electron chi connectivity index (χ2n) is 4.51. The highest BCUT2D eigenvalue weighted by Gasteiger charge is 2.24.